The number of aliphatic hydroxyl groups is 1. The lowest BCUT2D eigenvalue weighted by Crippen LogP contribution is -2.27. The van der Waals surface area contributed by atoms with Gasteiger partial charge in [0.1, 0.15) is 0 Å². The van der Waals surface area contributed by atoms with Crippen LogP contribution in [-0.2, 0) is 6.42 Å². The maximum atomic E-state index is 9.32. The van der Waals surface area contributed by atoms with E-state index in [9.17, 15) is 5.11 Å². The van der Waals surface area contributed by atoms with Crippen molar-refractivity contribution in [2.24, 2.45) is 0 Å². The predicted molar refractivity (Wildman–Crippen MR) is 60.5 cm³/mol. The summed E-state index contributed by atoms with van der Waals surface area (Å²) in [6.07, 6.45) is 0.0514. The molecule has 0 bridgehead atoms. The van der Waals surface area contributed by atoms with Gasteiger partial charge in [0.15, 0.2) is 0 Å². The largest absolute Gasteiger partial charge is 0.391 e. The van der Waals surface area contributed by atoms with Crippen molar-refractivity contribution in [2.75, 3.05) is 5.32 Å². The Kier molecular flexibility index (Phi) is 4.14. The molecule has 3 heteroatoms. The lowest BCUT2D eigenvalue weighted by atomic mass is 10.1. The summed E-state index contributed by atoms with van der Waals surface area (Å²) in [5.41, 5.74) is 1.97. The van der Waals surface area contributed by atoms with Crippen molar-refractivity contribution in [2.45, 2.75) is 32.4 Å². The van der Waals surface area contributed by atoms with Crippen molar-refractivity contribution in [3.05, 3.63) is 29.8 Å². The number of nitriles is 1. The molecule has 0 aliphatic rings. The lowest BCUT2D eigenvalue weighted by Gasteiger charge is -2.17. The van der Waals surface area contributed by atoms with Crippen LogP contribution in [0.5, 0.6) is 0 Å². The van der Waals surface area contributed by atoms with Crippen LogP contribution in [-0.4, -0.2) is 17.3 Å². The van der Waals surface area contributed by atoms with Crippen molar-refractivity contribution in [3.8, 4) is 6.07 Å². The molecule has 1 rings (SSSR count). The molecule has 0 heterocycles. The highest BCUT2D eigenvalue weighted by atomic mass is 16.3. The number of rotatable bonds is 4. The van der Waals surface area contributed by atoms with Crippen LogP contribution in [0.2, 0.25) is 0 Å². The zero-order valence-electron chi connectivity index (χ0n) is 9.07. The number of hydrogen-bond donors (Lipinski definition) is 2. The van der Waals surface area contributed by atoms with Gasteiger partial charge in [-0.2, -0.15) is 5.26 Å². The minimum atomic E-state index is -0.385. The maximum Gasteiger partial charge on any atom is 0.0710 e. The molecule has 0 saturated carbocycles. The van der Waals surface area contributed by atoms with Crippen molar-refractivity contribution < 1.29 is 5.11 Å². The predicted octanol–water partition coefficient (Wildman–Crippen LogP) is 1.93. The van der Waals surface area contributed by atoms with Crippen molar-refractivity contribution >= 4 is 5.69 Å². The Labute approximate surface area is 90.4 Å². The van der Waals surface area contributed by atoms with Gasteiger partial charge in [0.05, 0.1) is 18.6 Å². The molecule has 15 heavy (non-hydrogen) atoms. The van der Waals surface area contributed by atoms with E-state index in [-0.39, 0.29) is 12.1 Å². The van der Waals surface area contributed by atoms with Crippen LogP contribution in [0, 0.1) is 11.3 Å². The third-order valence-corrected chi connectivity index (χ3v) is 2.36. The molecule has 2 N–H and O–H groups in total. The van der Waals surface area contributed by atoms with E-state index < -0.39 is 0 Å². The third-order valence-electron chi connectivity index (χ3n) is 2.36. The maximum absolute atomic E-state index is 9.32. The molecule has 0 aliphatic carbocycles. The lowest BCUT2D eigenvalue weighted by molar-refractivity contribution is 0.178. The van der Waals surface area contributed by atoms with E-state index in [1.165, 1.54) is 0 Å². The molecule has 80 valence electrons. The van der Waals surface area contributed by atoms with Crippen LogP contribution < -0.4 is 5.32 Å². The molecule has 2 unspecified atom stereocenters. The Bertz CT molecular complexity index is 338. The first-order chi connectivity index (χ1) is 7.13. The summed E-state index contributed by atoms with van der Waals surface area (Å²) in [4.78, 5) is 0. The van der Waals surface area contributed by atoms with Crippen molar-refractivity contribution in [1.29, 1.82) is 5.26 Å². The van der Waals surface area contributed by atoms with Crippen LogP contribution in [0.3, 0.4) is 0 Å². The second kappa shape index (κ2) is 5.38. The summed E-state index contributed by atoms with van der Waals surface area (Å²) in [6, 6.07) is 9.80. The Morgan fingerprint density at radius 3 is 2.40 bits per heavy atom. The molecule has 0 saturated heterocycles. The van der Waals surface area contributed by atoms with E-state index in [2.05, 4.69) is 11.4 Å². The van der Waals surface area contributed by atoms with Gasteiger partial charge in [-0.3, -0.25) is 0 Å². The summed E-state index contributed by atoms with van der Waals surface area (Å²) >= 11 is 0. The number of aliphatic hydroxyl groups excluding tert-OH is 1. The van der Waals surface area contributed by atoms with Gasteiger partial charge in [0.2, 0.25) is 0 Å². The highest BCUT2D eigenvalue weighted by molar-refractivity contribution is 5.45. The minimum absolute atomic E-state index is 0.0202. The van der Waals surface area contributed by atoms with Crippen molar-refractivity contribution in [1.82, 2.24) is 0 Å². The highest BCUT2D eigenvalue weighted by Crippen LogP contribution is 2.12. The molecule has 2 atom stereocenters. The molecule has 0 aliphatic heterocycles. The van der Waals surface area contributed by atoms with Gasteiger partial charge in [-0.1, -0.05) is 12.1 Å². The molecule has 0 spiro atoms. The van der Waals surface area contributed by atoms with Crippen LogP contribution in [0.25, 0.3) is 0 Å². The molecule has 0 fully saturated rings. The van der Waals surface area contributed by atoms with Gasteiger partial charge in [-0.15, -0.1) is 0 Å². The Morgan fingerprint density at radius 1 is 1.33 bits per heavy atom. The minimum Gasteiger partial charge on any atom is -0.391 e. The van der Waals surface area contributed by atoms with E-state index in [1.54, 1.807) is 6.92 Å². The number of anilines is 1. The second-order valence-corrected chi connectivity index (χ2v) is 3.71. The Hall–Kier alpha value is -1.53. The summed E-state index contributed by atoms with van der Waals surface area (Å²) in [5, 5.41) is 21.0. The first kappa shape index (κ1) is 11.5. The first-order valence-corrected chi connectivity index (χ1v) is 5.04. The van der Waals surface area contributed by atoms with Gasteiger partial charge >= 0.3 is 0 Å². The first-order valence-electron chi connectivity index (χ1n) is 5.04. The zero-order chi connectivity index (χ0) is 11.3. The fraction of sp³-hybridized carbons (Fsp3) is 0.417. The monoisotopic (exact) mass is 204 g/mol. The summed E-state index contributed by atoms with van der Waals surface area (Å²) in [6.45, 7) is 3.68. The summed E-state index contributed by atoms with van der Waals surface area (Å²) in [7, 11) is 0. The molecule has 3 nitrogen and oxygen atoms in total. The van der Waals surface area contributed by atoms with Gasteiger partial charge < -0.3 is 10.4 Å². The van der Waals surface area contributed by atoms with Gasteiger partial charge in [-0.05, 0) is 31.5 Å². The highest BCUT2D eigenvalue weighted by Gasteiger charge is 2.07. The number of nitrogens with one attached hydrogen (secondary N) is 1. The smallest absolute Gasteiger partial charge is 0.0710 e. The number of benzene rings is 1. The third kappa shape index (κ3) is 3.61. The molecular weight excluding hydrogens is 188 g/mol. The van der Waals surface area contributed by atoms with E-state index in [4.69, 9.17) is 5.26 Å². The van der Waals surface area contributed by atoms with E-state index in [0.717, 1.165) is 11.3 Å². The van der Waals surface area contributed by atoms with Crippen LogP contribution >= 0.6 is 0 Å². The van der Waals surface area contributed by atoms with E-state index >= 15 is 0 Å². The molecule has 1 aromatic rings. The topological polar surface area (TPSA) is 56.0 Å². The second-order valence-electron chi connectivity index (χ2n) is 3.71. The number of nitrogens with zero attached hydrogens (tertiary/aromatic N) is 1. The normalized spacial score (nSPS) is 14.0. The summed E-state index contributed by atoms with van der Waals surface area (Å²) < 4.78 is 0. The van der Waals surface area contributed by atoms with Crippen LogP contribution in [0.4, 0.5) is 5.69 Å². The van der Waals surface area contributed by atoms with Gasteiger partial charge in [-0.25, -0.2) is 0 Å². The average molecular weight is 204 g/mol. The quantitative estimate of drug-likeness (QED) is 0.788. The standard InChI is InChI=1S/C12H16N2O/c1-9(10(2)15)14-12-5-3-11(4-6-12)7-8-13/h3-6,9-10,14-15H,7H2,1-2H3. The fourth-order valence-electron chi connectivity index (χ4n) is 1.19. The van der Waals surface area contributed by atoms with E-state index in [0.29, 0.717) is 6.42 Å². The van der Waals surface area contributed by atoms with Crippen molar-refractivity contribution in [3.63, 3.8) is 0 Å². The fourth-order valence-corrected chi connectivity index (χ4v) is 1.19. The number of hydrogen-bond acceptors (Lipinski definition) is 3. The van der Waals surface area contributed by atoms with Gasteiger partial charge in [0.25, 0.3) is 0 Å². The van der Waals surface area contributed by atoms with Crippen LogP contribution in [0.1, 0.15) is 19.4 Å². The Morgan fingerprint density at radius 2 is 1.93 bits per heavy atom. The molecule has 0 aromatic heterocycles. The Balaban J connectivity index is 2.61. The average Bonchev–Trinajstić information content (AvgIpc) is 2.21. The van der Waals surface area contributed by atoms with Crippen LogP contribution in [0.15, 0.2) is 24.3 Å². The SMILES string of the molecule is CC(O)C(C)Nc1ccc(CC#N)cc1. The molecule has 0 amide bonds. The van der Waals surface area contributed by atoms with Gasteiger partial charge in [0, 0.05) is 11.7 Å². The molecule has 1 aromatic carbocycles. The van der Waals surface area contributed by atoms with E-state index in [1.807, 2.05) is 31.2 Å². The molecule has 0 radical (unpaired) electrons. The summed E-state index contributed by atoms with van der Waals surface area (Å²) in [5.74, 6) is 0. The zero-order valence-corrected chi connectivity index (χ0v) is 9.07. The molecular formula is C12H16N2O.